The van der Waals surface area contributed by atoms with Crippen molar-refractivity contribution in [2.24, 2.45) is 11.7 Å². The zero-order valence-electron chi connectivity index (χ0n) is 13.0. The van der Waals surface area contributed by atoms with Gasteiger partial charge in [-0.25, -0.2) is 0 Å². The minimum Gasteiger partial charge on any atom is -0.377 e. The molecule has 0 spiro atoms. The van der Waals surface area contributed by atoms with Crippen LogP contribution in [0, 0.1) is 5.92 Å². The highest BCUT2D eigenvalue weighted by Gasteiger charge is 2.34. The third-order valence-corrected chi connectivity index (χ3v) is 5.27. The molecule has 21 heavy (non-hydrogen) atoms. The van der Waals surface area contributed by atoms with Crippen molar-refractivity contribution >= 4 is 5.91 Å². The number of hydrogen-bond acceptors (Lipinski definition) is 4. The van der Waals surface area contributed by atoms with Gasteiger partial charge >= 0.3 is 0 Å². The van der Waals surface area contributed by atoms with E-state index in [0.717, 1.165) is 65.0 Å². The van der Waals surface area contributed by atoms with Gasteiger partial charge in [0.1, 0.15) is 0 Å². The summed E-state index contributed by atoms with van der Waals surface area (Å²) in [5, 5.41) is 0. The zero-order valence-corrected chi connectivity index (χ0v) is 13.0. The Morgan fingerprint density at radius 1 is 1.05 bits per heavy atom. The van der Waals surface area contributed by atoms with E-state index in [9.17, 15) is 4.79 Å². The van der Waals surface area contributed by atoms with Crippen LogP contribution in [0.4, 0.5) is 0 Å². The normalized spacial score (nSPS) is 35.1. The van der Waals surface area contributed by atoms with Crippen molar-refractivity contribution in [2.45, 2.75) is 50.7 Å². The molecule has 1 amide bonds. The molecular formula is C16H29N3O2. The van der Waals surface area contributed by atoms with E-state index in [4.69, 9.17) is 10.5 Å². The molecule has 3 aliphatic rings. The van der Waals surface area contributed by atoms with E-state index in [-0.39, 0.29) is 12.0 Å². The monoisotopic (exact) mass is 295 g/mol. The van der Waals surface area contributed by atoms with Gasteiger partial charge in [-0.3, -0.25) is 9.69 Å². The fourth-order valence-corrected chi connectivity index (χ4v) is 3.98. The lowest BCUT2D eigenvalue weighted by Crippen LogP contribution is -2.43. The number of rotatable bonds is 3. The molecule has 2 heterocycles. The summed E-state index contributed by atoms with van der Waals surface area (Å²) < 4.78 is 5.73. The second-order valence-corrected chi connectivity index (χ2v) is 6.82. The third-order valence-electron chi connectivity index (χ3n) is 5.27. The quantitative estimate of drug-likeness (QED) is 0.838. The second kappa shape index (κ2) is 7.07. The largest absolute Gasteiger partial charge is 0.377 e. The Bertz CT molecular complexity index is 357. The van der Waals surface area contributed by atoms with E-state index >= 15 is 0 Å². The first kappa shape index (κ1) is 15.3. The molecule has 0 aromatic carbocycles. The van der Waals surface area contributed by atoms with Crippen LogP contribution in [0.5, 0.6) is 0 Å². The van der Waals surface area contributed by atoms with Crippen LogP contribution in [-0.2, 0) is 9.53 Å². The van der Waals surface area contributed by atoms with Gasteiger partial charge in [0, 0.05) is 38.8 Å². The van der Waals surface area contributed by atoms with Gasteiger partial charge in [0.05, 0.1) is 12.0 Å². The van der Waals surface area contributed by atoms with Crippen LogP contribution in [0.3, 0.4) is 0 Å². The summed E-state index contributed by atoms with van der Waals surface area (Å²) in [7, 11) is 0. The van der Waals surface area contributed by atoms with Crippen LogP contribution < -0.4 is 5.73 Å². The summed E-state index contributed by atoms with van der Waals surface area (Å²) in [6.07, 6.45) is 6.97. The zero-order chi connectivity index (χ0) is 14.7. The molecule has 120 valence electrons. The summed E-state index contributed by atoms with van der Waals surface area (Å²) in [6, 6.07) is 0.0868. The molecule has 2 aliphatic heterocycles. The van der Waals surface area contributed by atoms with E-state index in [2.05, 4.69) is 9.80 Å². The van der Waals surface area contributed by atoms with Crippen molar-refractivity contribution in [1.82, 2.24) is 9.80 Å². The predicted molar refractivity (Wildman–Crippen MR) is 81.9 cm³/mol. The Morgan fingerprint density at radius 3 is 2.67 bits per heavy atom. The predicted octanol–water partition coefficient (Wildman–Crippen LogP) is 0.827. The number of amides is 1. The van der Waals surface area contributed by atoms with Gasteiger partial charge in [-0.15, -0.1) is 0 Å². The van der Waals surface area contributed by atoms with Crippen LogP contribution in [0.15, 0.2) is 0 Å². The Kier molecular flexibility index (Phi) is 5.14. The van der Waals surface area contributed by atoms with E-state index in [1.54, 1.807) is 0 Å². The maximum Gasteiger partial charge on any atom is 0.227 e. The molecule has 3 atom stereocenters. The van der Waals surface area contributed by atoms with Crippen molar-refractivity contribution in [3.05, 3.63) is 0 Å². The Labute approximate surface area is 127 Å². The van der Waals surface area contributed by atoms with Crippen LogP contribution in [0.25, 0.3) is 0 Å². The Morgan fingerprint density at radius 2 is 1.95 bits per heavy atom. The first-order valence-corrected chi connectivity index (χ1v) is 8.62. The first-order chi connectivity index (χ1) is 10.2. The van der Waals surface area contributed by atoms with E-state index in [1.165, 1.54) is 12.8 Å². The number of carbonyl (C=O) groups excluding carboxylic acids is 1. The molecule has 5 nitrogen and oxygen atoms in total. The molecule has 3 fully saturated rings. The van der Waals surface area contributed by atoms with Crippen molar-refractivity contribution in [1.29, 1.82) is 0 Å². The lowest BCUT2D eigenvalue weighted by Gasteiger charge is -2.26. The molecular weight excluding hydrogens is 266 g/mol. The maximum absolute atomic E-state index is 12.6. The highest BCUT2D eigenvalue weighted by molar-refractivity contribution is 5.80. The van der Waals surface area contributed by atoms with Crippen LogP contribution in [0.2, 0.25) is 0 Å². The molecule has 1 saturated carbocycles. The fourth-order valence-electron chi connectivity index (χ4n) is 3.98. The van der Waals surface area contributed by atoms with Gasteiger partial charge in [-0.05, 0) is 38.6 Å². The Hall–Kier alpha value is -0.650. The smallest absolute Gasteiger partial charge is 0.227 e. The van der Waals surface area contributed by atoms with E-state index < -0.39 is 0 Å². The van der Waals surface area contributed by atoms with Crippen molar-refractivity contribution in [3.63, 3.8) is 0 Å². The number of carbonyl (C=O) groups is 1. The summed E-state index contributed by atoms with van der Waals surface area (Å²) in [6.45, 7) is 5.76. The molecule has 3 rings (SSSR count). The van der Waals surface area contributed by atoms with Crippen molar-refractivity contribution < 1.29 is 9.53 Å². The van der Waals surface area contributed by atoms with Crippen LogP contribution >= 0.6 is 0 Å². The molecule has 2 N–H and O–H groups in total. The number of ether oxygens (including phenoxy) is 1. The molecule has 0 bridgehead atoms. The minimum atomic E-state index is 0.0784. The average molecular weight is 295 g/mol. The van der Waals surface area contributed by atoms with Gasteiger partial charge in [0.25, 0.3) is 0 Å². The van der Waals surface area contributed by atoms with Gasteiger partial charge in [0.15, 0.2) is 0 Å². The SMILES string of the molecule is NC1CCCC1C(=O)N1CCCN(CC2CCCO2)CC1. The van der Waals surface area contributed by atoms with Gasteiger partial charge in [-0.2, -0.15) is 0 Å². The molecule has 5 heteroatoms. The van der Waals surface area contributed by atoms with Gasteiger partial charge in [-0.1, -0.05) is 6.42 Å². The maximum atomic E-state index is 12.6. The topological polar surface area (TPSA) is 58.8 Å². The second-order valence-electron chi connectivity index (χ2n) is 6.82. The highest BCUT2D eigenvalue weighted by atomic mass is 16.5. The van der Waals surface area contributed by atoms with E-state index in [0.29, 0.717) is 12.0 Å². The van der Waals surface area contributed by atoms with E-state index in [1.807, 2.05) is 0 Å². The summed E-state index contributed by atoms with van der Waals surface area (Å²) in [5.74, 6) is 0.383. The van der Waals surface area contributed by atoms with Gasteiger partial charge < -0.3 is 15.4 Å². The minimum absolute atomic E-state index is 0.0784. The highest BCUT2D eigenvalue weighted by Crippen LogP contribution is 2.26. The lowest BCUT2D eigenvalue weighted by molar-refractivity contribution is -0.135. The van der Waals surface area contributed by atoms with Crippen LogP contribution in [-0.4, -0.2) is 67.2 Å². The first-order valence-electron chi connectivity index (χ1n) is 8.62. The van der Waals surface area contributed by atoms with Crippen molar-refractivity contribution in [2.75, 3.05) is 39.3 Å². The molecule has 0 radical (unpaired) electrons. The number of nitrogens with zero attached hydrogens (tertiary/aromatic N) is 2. The molecule has 0 aromatic rings. The summed E-state index contributed by atoms with van der Waals surface area (Å²) in [4.78, 5) is 17.1. The standard InChI is InChI=1S/C16H29N3O2/c17-15-6-1-5-14(15)16(20)19-8-3-7-18(9-10-19)12-13-4-2-11-21-13/h13-15H,1-12,17H2. The third kappa shape index (κ3) is 3.76. The average Bonchev–Trinajstić information content (AvgIpc) is 3.07. The molecule has 0 aromatic heterocycles. The molecule has 2 saturated heterocycles. The molecule has 1 aliphatic carbocycles. The lowest BCUT2D eigenvalue weighted by atomic mass is 10.0. The number of hydrogen-bond donors (Lipinski definition) is 1. The van der Waals surface area contributed by atoms with Crippen molar-refractivity contribution in [3.8, 4) is 0 Å². The number of nitrogens with two attached hydrogens (primary N) is 1. The fraction of sp³-hybridized carbons (Fsp3) is 0.938. The summed E-state index contributed by atoms with van der Waals surface area (Å²) >= 11 is 0. The molecule has 3 unspecified atom stereocenters. The summed E-state index contributed by atoms with van der Waals surface area (Å²) in [5.41, 5.74) is 6.09. The van der Waals surface area contributed by atoms with Gasteiger partial charge in [0.2, 0.25) is 5.91 Å². The Balaban J connectivity index is 1.49. The van der Waals surface area contributed by atoms with Crippen LogP contribution in [0.1, 0.15) is 38.5 Å².